The third kappa shape index (κ3) is 10.6. The van der Waals surface area contributed by atoms with E-state index >= 15 is 0 Å². The minimum atomic E-state index is 0.769. The average Bonchev–Trinajstić information content (AvgIpc) is 2.25. The molecule has 0 aromatic rings. The Balaban J connectivity index is 3.39. The third-order valence-electron chi connectivity index (χ3n) is 2.89. The lowest BCUT2D eigenvalue weighted by molar-refractivity contribution is 0.630. The monoisotopic (exact) mass is 242 g/mol. The van der Waals surface area contributed by atoms with Gasteiger partial charge < -0.3 is 0 Å². The van der Waals surface area contributed by atoms with Crippen LogP contribution in [-0.4, -0.2) is 5.25 Å². The predicted octanol–water partition coefficient (Wildman–Crippen LogP) is 6.17. The molecule has 0 radical (unpaired) electrons. The number of allylic oxidation sites excluding steroid dienone is 1. The number of unbranched alkanes of at least 4 members (excludes halogenated alkanes) is 5. The molecule has 1 unspecified atom stereocenters. The molecule has 0 amide bonds. The summed E-state index contributed by atoms with van der Waals surface area (Å²) in [4.78, 5) is 1.40. The van der Waals surface area contributed by atoms with E-state index in [9.17, 15) is 0 Å². The summed E-state index contributed by atoms with van der Waals surface area (Å²) in [6.45, 7) is 11.1. The van der Waals surface area contributed by atoms with Gasteiger partial charge in [0.1, 0.15) is 0 Å². The third-order valence-corrected chi connectivity index (χ3v) is 4.07. The Bertz CT molecular complexity index is 163. The summed E-state index contributed by atoms with van der Waals surface area (Å²) in [7, 11) is 0. The van der Waals surface area contributed by atoms with E-state index in [1.54, 1.807) is 0 Å². The van der Waals surface area contributed by atoms with Gasteiger partial charge in [0, 0.05) is 5.25 Å². The van der Waals surface area contributed by atoms with Gasteiger partial charge in [0.05, 0.1) is 0 Å². The van der Waals surface area contributed by atoms with Crippen molar-refractivity contribution in [3.05, 3.63) is 11.5 Å². The highest BCUT2D eigenvalue weighted by atomic mass is 32.2. The van der Waals surface area contributed by atoms with E-state index in [-0.39, 0.29) is 0 Å². The van der Waals surface area contributed by atoms with Crippen molar-refractivity contribution in [3.8, 4) is 0 Å². The zero-order chi connectivity index (χ0) is 12.2. The highest BCUT2D eigenvalue weighted by Gasteiger charge is 2.04. The van der Waals surface area contributed by atoms with E-state index < -0.39 is 0 Å². The van der Waals surface area contributed by atoms with E-state index in [0.717, 1.165) is 5.25 Å². The minimum Gasteiger partial charge on any atom is -0.128 e. The zero-order valence-electron chi connectivity index (χ0n) is 11.6. The molecule has 0 spiro atoms. The molecule has 16 heavy (non-hydrogen) atoms. The van der Waals surface area contributed by atoms with E-state index in [4.69, 9.17) is 0 Å². The molecule has 0 rings (SSSR count). The number of rotatable bonds is 11. The lowest BCUT2D eigenvalue weighted by Gasteiger charge is -2.12. The zero-order valence-corrected chi connectivity index (χ0v) is 12.4. The summed E-state index contributed by atoms with van der Waals surface area (Å²) < 4.78 is 0. The Morgan fingerprint density at radius 2 is 1.62 bits per heavy atom. The van der Waals surface area contributed by atoms with Crippen molar-refractivity contribution in [1.82, 2.24) is 0 Å². The van der Waals surface area contributed by atoms with Gasteiger partial charge in [-0.3, -0.25) is 0 Å². The van der Waals surface area contributed by atoms with Crippen LogP contribution in [0.5, 0.6) is 0 Å². The fourth-order valence-electron chi connectivity index (χ4n) is 1.83. The molecule has 0 saturated heterocycles. The van der Waals surface area contributed by atoms with Crippen molar-refractivity contribution >= 4 is 11.8 Å². The first-order valence-electron chi connectivity index (χ1n) is 7.05. The average molecular weight is 242 g/mol. The summed E-state index contributed by atoms with van der Waals surface area (Å²) >= 11 is 2.01. The SMILES string of the molecule is C=C(CCCCC)SC(C)CCCCCC. The first-order valence-corrected chi connectivity index (χ1v) is 7.93. The van der Waals surface area contributed by atoms with Crippen LogP contribution in [0.4, 0.5) is 0 Å². The minimum absolute atomic E-state index is 0.769. The molecule has 0 heterocycles. The predicted molar refractivity (Wildman–Crippen MR) is 79.1 cm³/mol. The maximum Gasteiger partial charge on any atom is 0.00626 e. The van der Waals surface area contributed by atoms with Gasteiger partial charge in [0.2, 0.25) is 0 Å². The van der Waals surface area contributed by atoms with Gasteiger partial charge in [-0.2, -0.15) is 0 Å². The summed E-state index contributed by atoms with van der Waals surface area (Å²) in [6.07, 6.45) is 12.1. The van der Waals surface area contributed by atoms with Gasteiger partial charge >= 0.3 is 0 Å². The first kappa shape index (κ1) is 16.1. The standard InChI is InChI=1S/C15H30S/c1-5-7-9-11-13-15(4)16-14(3)12-10-8-6-2/h15H,3,5-13H2,1-2,4H3. The smallest absolute Gasteiger partial charge is 0.00626 e. The Morgan fingerprint density at radius 3 is 2.25 bits per heavy atom. The summed E-state index contributed by atoms with van der Waals surface area (Å²) in [5, 5.41) is 0.769. The molecule has 0 N–H and O–H groups in total. The van der Waals surface area contributed by atoms with Crippen LogP contribution in [0.25, 0.3) is 0 Å². The van der Waals surface area contributed by atoms with Crippen molar-refractivity contribution in [2.45, 2.75) is 83.8 Å². The molecule has 0 bridgehead atoms. The van der Waals surface area contributed by atoms with Gasteiger partial charge in [0.15, 0.2) is 0 Å². The van der Waals surface area contributed by atoms with Crippen LogP contribution in [0.15, 0.2) is 11.5 Å². The molecule has 1 heteroatoms. The topological polar surface area (TPSA) is 0 Å². The van der Waals surface area contributed by atoms with Crippen LogP contribution in [0, 0.1) is 0 Å². The Hall–Kier alpha value is 0.0900. The maximum absolute atomic E-state index is 4.17. The number of thioether (sulfide) groups is 1. The fourth-order valence-corrected chi connectivity index (χ4v) is 2.95. The molecule has 0 aliphatic heterocycles. The normalized spacial score (nSPS) is 12.7. The van der Waals surface area contributed by atoms with Crippen molar-refractivity contribution in [2.75, 3.05) is 0 Å². The Kier molecular flexibility index (Phi) is 11.6. The molecule has 0 aromatic carbocycles. The van der Waals surface area contributed by atoms with Gasteiger partial charge in [-0.05, 0) is 24.2 Å². The second kappa shape index (κ2) is 11.6. The van der Waals surface area contributed by atoms with Crippen LogP contribution in [0.3, 0.4) is 0 Å². The van der Waals surface area contributed by atoms with E-state index in [0.29, 0.717) is 0 Å². The van der Waals surface area contributed by atoms with E-state index in [2.05, 4.69) is 27.4 Å². The lowest BCUT2D eigenvalue weighted by Crippen LogP contribution is -1.96. The van der Waals surface area contributed by atoms with Crippen LogP contribution < -0.4 is 0 Å². The van der Waals surface area contributed by atoms with Crippen molar-refractivity contribution < 1.29 is 0 Å². The molecule has 0 aromatic heterocycles. The van der Waals surface area contributed by atoms with Gasteiger partial charge in [-0.15, -0.1) is 11.8 Å². The number of hydrogen-bond donors (Lipinski definition) is 0. The second-order valence-electron chi connectivity index (χ2n) is 4.77. The molecular formula is C15H30S. The molecule has 1 atom stereocenters. The molecule has 0 saturated carbocycles. The van der Waals surface area contributed by atoms with Crippen molar-refractivity contribution in [1.29, 1.82) is 0 Å². The van der Waals surface area contributed by atoms with Crippen LogP contribution in [-0.2, 0) is 0 Å². The molecule has 0 fully saturated rings. The van der Waals surface area contributed by atoms with Gasteiger partial charge in [0.25, 0.3) is 0 Å². The van der Waals surface area contributed by atoms with Crippen molar-refractivity contribution in [3.63, 3.8) is 0 Å². The highest BCUT2D eigenvalue weighted by molar-refractivity contribution is 8.03. The first-order chi connectivity index (χ1) is 7.70. The van der Waals surface area contributed by atoms with Gasteiger partial charge in [-0.1, -0.05) is 65.9 Å². The molecule has 0 aliphatic carbocycles. The second-order valence-corrected chi connectivity index (χ2v) is 6.39. The van der Waals surface area contributed by atoms with E-state index in [1.165, 1.54) is 62.7 Å². The maximum atomic E-state index is 4.17. The molecule has 0 nitrogen and oxygen atoms in total. The molecule has 96 valence electrons. The summed E-state index contributed by atoms with van der Waals surface area (Å²) in [6, 6.07) is 0. The van der Waals surface area contributed by atoms with Crippen LogP contribution in [0.2, 0.25) is 0 Å². The van der Waals surface area contributed by atoms with Gasteiger partial charge in [-0.25, -0.2) is 0 Å². The van der Waals surface area contributed by atoms with E-state index in [1.807, 2.05) is 11.8 Å². The fraction of sp³-hybridized carbons (Fsp3) is 0.867. The highest BCUT2D eigenvalue weighted by Crippen LogP contribution is 2.27. The molecule has 0 aliphatic rings. The largest absolute Gasteiger partial charge is 0.128 e. The lowest BCUT2D eigenvalue weighted by atomic mass is 10.1. The van der Waals surface area contributed by atoms with Crippen LogP contribution in [0.1, 0.15) is 78.6 Å². The Labute approximate surface area is 107 Å². The molecular weight excluding hydrogens is 212 g/mol. The van der Waals surface area contributed by atoms with Crippen molar-refractivity contribution in [2.24, 2.45) is 0 Å². The summed E-state index contributed by atoms with van der Waals surface area (Å²) in [5.41, 5.74) is 0. The number of hydrogen-bond acceptors (Lipinski definition) is 1. The van der Waals surface area contributed by atoms with Crippen LogP contribution >= 0.6 is 11.8 Å². The Morgan fingerprint density at radius 1 is 1.00 bits per heavy atom. The summed E-state index contributed by atoms with van der Waals surface area (Å²) in [5.74, 6) is 0. The quantitative estimate of drug-likeness (QED) is 0.390.